The average Bonchev–Trinajstić information content (AvgIpc) is 2.79. The molecule has 3 rings (SSSR count). The van der Waals surface area contributed by atoms with E-state index >= 15 is 0 Å². The second kappa shape index (κ2) is 8.72. The average molecular weight is 354 g/mol. The van der Waals surface area contributed by atoms with Crippen molar-refractivity contribution in [3.8, 4) is 0 Å². The van der Waals surface area contributed by atoms with Gasteiger partial charge in [-0.1, -0.05) is 48.5 Å². The van der Waals surface area contributed by atoms with E-state index in [0.29, 0.717) is 12.3 Å². The van der Waals surface area contributed by atoms with E-state index in [1.54, 1.807) is 0 Å². The minimum absolute atomic E-state index is 0.00737. The van der Waals surface area contributed by atoms with Crippen LogP contribution in [-0.4, -0.2) is 29.4 Å². The molecule has 130 valence electrons. The number of fused-ring (bicyclic) bond motifs is 1. The van der Waals surface area contributed by atoms with Crippen LogP contribution in [0.4, 0.5) is 5.69 Å². The van der Waals surface area contributed by atoms with E-state index in [2.05, 4.69) is 22.8 Å². The van der Waals surface area contributed by atoms with Crippen LogP contribution in [0.2, 0.25) is 0 Å². The molecule has 2 N–H and O–H groups in total. The Bertz CT molecular complexity index is 733. The van der Waals surface area contributed by atoms with Gasteiger partial charge in [-0.15, -0.1) is 11.8 Å². The van der Waals surface area contributed by atoms with Crippen molar-refractivity contribution in [2.75, 3.05) is 17.6 Å². The first-order valence-electron chi connectivity index (χ1n) is 8.53. The summed E-state index contributed by atoms with van der Waals surface area (Å²) in [5, 5.41) is 5.71. The van der Waals surface area contributed by atoms with Gasteiger partial charge in [0, 0.05) is 12.2 Å². The molecule has 0 bridgehead atoms. The Balaban J connectivity index is 1.42. The van der Waals surface area contributed by atoms with Crippen molar-refractivity contribution < 1.29 is 9.59 Å². The Morgan fingerprint density at radius 1 is 1.12 bits per heavy atom. The first kappa shape index (κ1) is 17.5. The highest BCUT2D eigenvalue weighted by Crippen LogP contribution is 2.26. The van der Waals surface area contributed by atoms with Crippen LogP contribution in [0.3, 0.4) is 0 Å². The Labute approximate surface area is 152 Å². The molecule has 0 unspecified atom stereocenters. The molecule has 4 nitrogen and oxygen atoms in total. The van der Waals surface area contributed by atoms with Crippen LogP contribution in [0.15, 0.2) is 54.6 Å². The largest absolute Gasteiger partial charge is 0.355 e. The molecule has 2 aromatic rings. The maximum atomic E-state index is 12.3. The molecule has 0 aromatic heterocycles. The van der Waals surface area contributed by atoms with Crippen molar-refractivity contribution >= 4 is 29.3 Å². The third-order valence-electron chi connectivity index (χ3n) is 4.24. The van der Waals surface area contributed by atoms with E-state index < -0.39 is 0 Å². The zero-order chi connectivity index (χ0) is 17.5. The molecule has 25 heavy (non-hydrogen) atoms. The summed E-state index contributed by atoms with van der Waals surface area (Å²) in [6.07, 6.45) is 2.42. The molecule has 0 saturated heterocycles. The number of rotatable bonds is 6. The van der Waals surface area contributed by atoms with Crippen LogP contribution in [0.1, 0.15) is 17.5 Å². The highest BCUT2D eigenvalue weighted by Gasteiger charge is 2.24. The number of anilines is 1. The lowest BCUT2D eigenvalue weighted by Crippen LogP contribution is -2.30. The summed E-state index contributed by atoms with van der Waals surface area (Å²) < 4.78 is 0. The monoisotopic (exact) mass is 354 g/mol. The van der Waals surface area contributed by atoms with Gasteiger partial charge in [-0.2, -0.15) is 0 Å². The first-order chi connectivity index (χ1) is 12.2. The van der Waals surface area contributed by atoms with Crippen LogP contribution in [-0.2, 0) is 22.4 Å². The van der Waals surface area contributed by atoms with Crippen LogP contribution in [0.25, 0.3) is 0 Å². The molecule has 1 aliphatic heterocycles. The predicted octanol–water partition coefficient (Wildman–Crippen LogP) is 3.03. The van der Waals surface area contributed by atoms with Crippen molar-refractivity contribution in [2.45, 2.75) is 24.5 Å². The smallest absolute Gasteiger partial charge is 0.237 e. The summed E-state index contributed by atoms with van der Waals surface area (Å²) in [5.74, 6) is 0.283. The molecule has 0 radical (unpaired) electrons. The fourth-order valence-corrected chi connectivity index (χ4v) is 3.82. The Hall–Kier alpha value is -2.27. The summed E-state index contributed by atoms with van der Waals surface area (Å²) in [6, 6.07) is 17.9. The second-order valence-corrected chi connectivity index (χ2v) is 7.26. The number of aryl methyl sites for hydroxylation is 1. The van der Waals surface area contributed by atoms with E-state index in [-0.39, 0.29) is 17.1 Å². The third-order valence-corrected chi connectivity index (χ3v) is 5.52. The fraction of sp³-hybridized carbons (Fsp3) is 0.300. The number of carbonyl (C=O) groups excluding carboxylic acids is 2. The Kier molecular flexibility index (Phi) is 6.12. The van der Waals surface area contributed by atoms with Crippen molar-refractivity contribution in [1.82, 2.24) is 5.32 Å². The van der Waals surface area contributed by atoms with Gasteiger partial charge in [0.15, 0.2) is 0 Å². The molecule has 1 atom stereocenters. The molecule has 5 heteroatoms. The molecular weight excluding hydrogens is 332 g/mol. The summed E-state index contributed by atoms with van der Waals surface area (Å²) in [7, 11) is 0. The first-order valence-corrected chi connectivity index (χ1v) is 9.58. The topological polar surface area (TPSA) is 58.2 Å². The van der Waals surface area contributed by atoms with Crippen molar-refractivity contribution in [3.05, 3.63) is 65.7 Å². The fourth-order valence-electron chi connectivity index (χ4n) is 2.87. The van der Waals surface area contributed by atoms with Gasteiger partial charge in [0.25, 0.3) is 0 Å². The Morgan fingerprint density at radius 3 is 2.72 bits per heavy atom. The Morgan fingerprint density at radius 2 is 1.88 bits per heavy atom. The van der Waals surface area contributed by atoms with Gasteiger partial charge >= 0.3 is 0 Å². The zero-order valence-electron chi connectivity index (χ0n) is 14.0. The van der Waals surface area contributed by atoms with Gasteiger partial charge in [0.2, 0.25) is 11.8 Å². The number of thioether (sulfide) groups is 1. The van der Waals surface area contributed by atoms with Gasteiger partial charge < -0.3 is 10.6 Å². The highest BCUT2D eigenvalue weighted by molar-refractivity contribution is 8.01. The quantitative estimate of drug-likeness (QED) is 0.838. The predicted molar refractivity (Wildman–Crippen MR) is 103 cm³/mol. The summed E-state index contributed by atoms with van der Waals surface area (Å²) in [5.41, 5.74) is 3.26. The van der Waals surface area contributed by atoms with E-state index in [0.717, 1.165) is 30.5 Å². The molecule has 2 aromatic carbocycles. The maximum Gasteiger partial charge on any atom is 0.237 e. The lowest BCUT2D eigenvalue weighted by atomic mass is 10.1. The van der Waals surface area contributed by atoms with E-state index in [1.165, 1.54) is 17.3 Å². The van der Waals surface area contributed by atoms with E-state index in [9.17, 15) is 9.59 Å². The number of para-hydroxylation sites is 1. The minimum Gasteiger partial charge on any atom is -0.355 e. The molecule has 2 amide bonds. The second-order valence-electron chi connectivity index (χ2n) is 6.07. The summed E-state index contributed by atoms with van der Waals surface area (Å²) in [4.78, 5) is 24.3. The molecule has 0 fully saturated rings. The number of amides is 2. The number of nitrogens with one attached hydrogen (secondary N) is 2. The third kappa shape index (κ3) is 5.10. The minimum atomic E-state index is -0.188. The standard InChI is InChI=1S/C20H22N2O2S/c23-19(21-13-12-15-6-2-1-3-7-15)14-25-18-11-10-16-8-4-5-9-17(16)22-20(18)24/h1-9,18H,10-14H2,(H,21,23)(H,22,24)/t18-/m0/s1. The lowest BCUT2D eigenvalue weighted by molar-refractivity contribution is -0.118. The number of carbonyl (C=O) groups is 2. The van der Waals surface area contributed by atoms with Gasteiger partial charge in [-0.05, 0) is 36.5 Å². The van der Waals surface area contributed by atoms with Crippen molar-refractivity contribution in [1.29, 1.82) is 0 Å². The normalized spacial score (nSPS) is 16.5. The number of hydrogen-bond donors (Lipinski definition) is 2. The molecule has 1 aliphatic rings. The molecular formula is C20H22N2O2S. The van der Waals surface area contributed by atoms with Gasteiger partial charge in [-0.25, -0.2) is 0 Å². The maximum absolute atomic E-state index is 12.3. The summed E-state index contributed by atoms with van der Waals surface area (Å²) >= 11 is 1.42. The van der Waals surface area contributed by atoms with Crippen LogP contribution in [0, 0.1) is 0 Å². The summed E-state index contributed by atoms with van der Waals surface area (Å²) in [6.45, 7) is 0.617. The van der Waals surface area contributed by atoms with Crippen molar-refractivity contribution in [2.24, 2.45) is 0 Å². The molecule has 0 aliphatic carbocycles. The van der Waals surface area contributed by atoms with Crippen LogP contribution >= 0.6 is 11.8 Å². The molecule has 0 spiro atoms. The van der Waals surface area contributed by atoms with Crippen molar-refractivity contribution in [3.63, 3.8) is 0 Å². The molecule has 1 heterocycles. The number of hydrogen-bond acceptors (Lipinski definition) is 3. The lowest BCUT2D eigenvalue weighted by Gasteiger charge is -2.12. The van der Waals surface area contributed by atoms with E-state index in [4.69, 9.17) is 0 Å². The van der Waals surface area contributed by atoms with Gasteiger partial charge in [-0.3, -0.25) is 9.59 Å². The van der Waals surface area contributed by atoms with Crippen LogP contribution in [0.5, 0.6) is 0 Å². The highest BCUT2D eigenvalue weighted by atomic mass is 32.2. The zero-order valence-corrected chi connectivity index (χ0v) is 14.9. The molecule has 0 saturated carbocycles. The van der Waals surface area contributed by atoms with Gasteiger partial charge in [0.1, 0.15) is 0 Å². The SMILES string of the molecule is O=C(CS[C@H]1CCc2ccccc2NC1=O)NCCc1ccccc1. The van der Waals surface area contributed by atoms with E-state index in [1.807, 2.05) is 42.5 Å². The number of benzene rings is 2. The van der Waals surface area contributed by atoms with Gasteiger partial charge in [0.05, 0.1) is 11.0 Å². The van der Waals surface area contributed by atoms with Crippen LogP contribution < -0.4 is 10.6 Å².